The molecule has 128 valence electrons. The SMILES string of the molecule is CCOC(=O)N(/C=C(/C#N)C(=O)NCc1ccc(Cl)cc1)CCN. The highest BCUT2D eigenvalue weighted by atomic mass is 35.5. The summed E-state index contributed by atoms with van der Waals surface area (Å²) in [4.78, 5) is 25.0. The Hall–Kier alpha value is -2.56. The van der Waals surface area contributed by atoms with E-state index in [9.17, 15) is 9.59 Å². The van der Waals surface area contributed by atoms with Gasteiger partial charge in [0.05, 0.1) is 6.61 Å². The molecular weight excluding hydrogens is 332 g/mol. The molecule has 0 saturated carbocycles. The van der Waals surface area contributed by atoms with Crippen molar-refractivity contribution in [2.75, 3.05) is 19.7 Å². The summed E-state index contributed by atoms with van der Waals surface area (Å²) in [6.45, 7) is 2.37. The molecule has 0 atom stereocenters. The summed E-state index contributed by atoms with van der Waals surface area (Å²) < 4.78 is 4.86. The normalized spacial score (nSPS) is 10.7. The Bertz CT molecular complexity index is 638. The van der Waals surface area contributed by atoms with Gasteiger partial charge in [-0.15, -0.1) is 0 Å². The van der Waals surface area contributed by atoms with Crippen LogP contribution in [0, 0.1) is 11.3 Å². The third-order valence-electron chi connectivity index (χ3n) is 2.89. The van der Waals surface area contributed by atoms with Crippen molar-refractivity contribution in [1.82, 2.24) is 10.2 Å². The lowest BCUT2D eigenvalue weighted by molar-refractivity contribution is -0.117. The molecule has 0 spiro atoms. The van der Waals surface area contributed by atoms with Crippen LogP contribution < -0.4 is 11.1 Å². The van der Waals surface area contributed by atoms with Crippen LogP contribution in [0.3, 0.4) is 0 Å². The van der Waals surface area contributed by atoms with Crippen molar-refractivity contribution in [2.24, 2.45) is 5.73 Å². The summed E-state index contributed by atoms with van der Waals surface area (Å²) in [5, 5.41) is 12.3. The zero-order chi connectivity index (χ0) is 17.9. The zero-order valence-corrected chi connectivity index (χ0v) is 14.0. The zero-order valence-electron chi connectivity index (χ0n) is 13.3. The van der Waals surface area contributed by atoms with Gasteiger partial charge in [0.2, 0.25) is 0 Å². The van der Waals surface area contributed by atoms with Gasteiger partial charge in [-0.25, -0.2) is 4.79 Å². The fraction of sp³-hybridized carbons (Fsp3) is 0.312. The van der Waals surface area contributed by atoms with Crippen LogP contribution in [0.15, 0.2) is 36.0 Å². The van der Waals surface area contributed by atoms with Crippen LogP contribution in [-0.2, 0) is 16.1 Å². The molecule has 0 saturated heterocycles. The van der Waals surface area contributed by atoms with E-state index in [2.05, 4.69) is 5.32 Å². The van der Waals surface area contributed by atoms with Gasteiger partial charge in [0, 0.05) is 30.9 Å². The van der Waals surface area contributed by atoms with Gasteiger partial charge in [-0.2, -0.15) is 5.26 Å². The van der Waals surface area contributed by atoms with Crippen molar-refractivity contribution < 1.29 is 14.3 Å². The number of carbonyl (C=O) groups is 2. The standard InChI is InChI=1S/C16H19ClN4O3/c1-2-24-16(23)21(8-7-18)11-13(9-19)15(22)20-10-12-3-5-14(17)6-4-12/h3-6,11H,2,7-8,10,18H2,1H3,(H,20,22)/b13-11-. The number of halogens is 1. The molecular formula is C16H19ClN4O3. The highest BCUT2D eigenvalue weighted by Crippen LogP contribution is 2.09. The Balaban J connectivity index is 2.77. The molecule has 0 radical (unpaired) electrons. The van der Waals surface area contributed by atoms with Crippen LogP contribution in [0.1, 0.15) is 12.5 Å². The van der Waals surface area contributed by atoms with Crippen LogP contribution in [0.4, 0.5) is 4.79 Å². The van der Waals surface area contributed by atoms with Crippen LogP contribution >= 0.6 is 11.6 Å². The number of nitrogens with two attached hydrogens (primary N) is 1. The molecule has 3 N–H and O–H groups in total. The summed E-state index contributed by atoms with van der Waals surface area (Å²) in [5.41, 5.74) is 6.04. The first-order valence-electron chi connectivity index (χ1n) is 7.29. The van der Waals surface area contributed by atoms with E-state index in [1.807, 2.05) is 0 Å². The van der Waals surface area contributed by atoms with Gasteiger partial charge in [-0.3, -0.25) is 9.69 Å². The summed E-state index contributed by atoms with van der Waals surface area (Å²) >= 11 is 5.79. The number of amides is 2. The van der Waals surface area contributed by atoms with Gasteiger partial charge in [-0.1, -0.05) is 23.7 Å². The first-order chi connectivity index (χ1) is 11.5. The number of hydrogen-bond acceptors (Lipinski definition) is 5. The smallest absolute Gasteiger partial charge is 0.413 e. The highest BCUT2D eigenvalue weighted by Gasteiger charge is 2.16. The van der Waals surface area contributed by atoms with Crippen molar-refractivity contribution in [3.8, 4) is 6.07 Å². The summed E-state index contributed by atoms with van der Waals surface area (Å²) in [5.74, 6) is -0.598. The molecule has 1 aromatic carbocycles. The molecule has 0 aromatic heterocycles. The number of nitriles is 1. The third kappa shape index (κ3) is 6.28. The Labute approximate surface area is 145 Å². The van der Waals surface area contributed by atoms with E-state index >= 15 is 0 Å². The van der Waals surface area contributed by atoms with E-state index in [0.717, 1.165) is 16.7 Å². The van der Waals surface area contributed by atoms with Crippen LogP contribution in [0.5, 0.6) is 0 Å². The largest absolute Gasteiger partial charge is 0.449 e. The molecule has 0 fully saturated rings. The molecule has 0 unspecified atom stereocenters. The fourth-order valence-corrected chi connectivity index (χ4v) is 1.85. The Kier molecular flexibility index (Phi) is 8.33. The monoisotopic (exact) mass is 350 g/mol. The minimum absolute atomic E-state index is 0.133. The van der Waals surface area contributed by atoms with E-state index in [0.29, 0.717) is 5.02 Å². The Morgan fingerprint density at radius 2 is 2.08 bits per heavy atom. The number of nitrogens with one attached hydrogen (secondary N) is 1. The molecule has 0 aliphatic heterocycles. The minimum atomic E-state index is -0.666. The van der Waals surface area contributed by atoms with Crippen LogP contribution in [-0.4, -0.2) is 36.6 Å². The summed E-state index contributed by atoms with van der Waals surface area (Å²) in [6, 6.07) is 8.70. The van der Waals surface area contributed by atoms with Gasteiger partial charge in [0.25, 0.3) is 5.91 Å². The lowest BCUT2D eigenvalue weighted by atomic mass is 10.2. The van der Waals surface area contributed by atoms with Crippen molar-refractivity contribution in [3.05, 3.63) is 46.6 Å². The Morgan fingerprint density at radius 3 is 2.62 bits per heavy atom. The second-order valence-corrected chi connectivity index (χ2v) is 5.08. The van der Waals surface area contributed by atoms with Crippen molar-refractivity contribution in [1.29, 1.82) is 5.26 Å². The third-order valence-corrected chi connectivity index (χ3v) is 3.14. The number of benzene rings is 1. The fourth-order valence-electron chi connectivity index (χ4n) is 1.73. The predicted octanol–water partition coefficient (Wildman–Crippen LogP) is 1.78. The molecule has 1 rings (SSSR count). The van der Waals surface area contributed by atoms with E-state index in [1.54, 1.807) is 37.3 Å². The van der Waals surface area contributed by atoms with Gasteiger partial charge in [-0.05, 0) is 24.6 Å². The first kappa shape index (κ1) is 19.5. The van der Waals surface area contributed by atoms with E-state index in [1.165, 1.54) is 0 Å². The Morgan fingerprint density at radius 1 is 1.42 bits per heavy atom. The van der Waals surface area contributed by atoms with Gasteiger partial charge in [0.1, 0.15) is 11.6 Å². The molecule has 0 heterocycles. The maximum Gasteiger partial charge on any atom is 0.413 e. The quantitative estimate of drug-likeness (QED) is 0.575. The van der Waals surface area contributed by atoms with Gasteiger partial charge >= 0.3 is 6.09 Å². The molecule has 8 heteroatoms. The van der Waals surface area contributed by atoms with E-state index < -0.39 is 12.0 Å². The van der Waals surface area contributed by atoms with Crippen molar-refractivity contribution >= 4 is 23.6 Å². The summed E-state index contributed by atoms with van der Waals surface area (Å²) in [6.07, 6.45) is 0.475. The maximum absolute atomic E-state index is 12.1. The molecule has 24 heavy (non-hydrogen) atoms. The lowest BCUT2D eigenvalue weighted by Crippen LogP contribution is -2.33. The molecule has 0 aliphatic carbocycles. The van der Waals surface area contributed by atoms with Crippen molar-refractivity contribution in [3.63, 3.8) is 0 Å². The number of nitrogens with zero attached hydrogens (tertiary/aromatic N) is 2. The topological polar surface area (TPSA) is 108 Å². The average Bonchev–Trinajstić information content (AvgIpc) is 2.58. The number of ether oxygens (including phenoxy) is 1. The molecule has 7 nitrogen and oxygen atoms in total. The molecule has 0 aliphatic rings. The second kappa shape index (κ2) is 10.3. The molecule has 0 bridgehead atoms. The molecule has 2 amide bonds. The number of carbonyl (C=O) groups excluding carboxylic acids is 2. The minimum Gasteiger partial charge on any atom is -0.449 e. The van der Waals surface area contributed by atoms with Gasteiger partial charge < -0.3 is 15.8 Å². The van der Waals surface area contributed by atoms with Crippen molar-refractivity contribution in [2.45, 2.75) is 13.5 Å². The van der Waals surface area contributed by atoms with Gasteiger partial charge in [0.15, 0.2) is 0 Å². The first-order valence-corrected chi connectivity index (χ1v) is 7.67. The average molecular weight is 351 g/mol. The lowest BCUT2D eigenvalue weighted by Gasteiger charge is -2.17. The number of rotatable bonds is 7. The molecule has 1 aromatic rings. The highest BCUT2D eigenvalue weighted by molar-refractivity contribution is 6.30. The maximum atomic E-state index is 12.1. The summed E-state index contributed by atoms with van der Waals surface area (Å²) in [7, 11) is 0. The van der Waals surface area contributed by atoms with E-state index in [4.69, 9.17) is 27.3 Å². The van der Waals surface area contributed by atoms with Crippen LogP contribution in [0.2, 0.25) is 5.02 Å². The van der Waals surface area contributed by atoms with Crippen LogP contribution in [0.25, 0.3) is 0 Å². The predicted molar refractivity (Wildman–Crippen MR) is 89.8 cm³/mol. The second-order valence-electron chi connectivity index (χ2n) is 4.64. The van der Waals surface area contributed by atoms with E-state index in [-0.39, 0.29) is 31.8 Å². The number of hydrogen-bond donors (Lipinski definition) is 2.